The smallest absolute Gasteiger partial charge is 0.263 e. The molecule has 2 aromatic heterocycles. The van der Waals surface area contributed by atoms with E-state index in [1.54, 1.807) is 16.9 Å². The van der Waals surface area contributed by atoms with Crippen molar-refractivity contribution in [1.29, 1.82) is 5.41 Å². The lowest BCUT2D eigenvalue weighted by molar-refractivity contribution is 0.0949. The highest BCUT2D eigenvalue weighted by Crippen LogP contribution is 2.32. The Hall–Kier alpha value is -3.41. The molecular weight excluding hydrogens is 535 g/mol. The Bertz CT molecular complexity index is 1500. The number of pyridine rings is 1. The van der Waals surface area contributed by atoms with Crippen LogP contribution in [0.2, 0.25) is 0 Å². The Morgan fingerprint density at radius 2 is 1.95 bits per heavy atom. The van der Waals surface area contributed by atoms with E-state index in [-0.39, 0.29) is 18.7 Å². The zero-order valence-electron chi connectivity index (χ0n) is 19.6. The molecule has 0 aliphatic heterocycles. The summed E-state index contributed by atoms with van der Waals surface area (Å²) in [6.45, 7) is 0.246. The van der Waals surface area contributed by atoms with E-state index >= 15 is 0 Å². The van der Waals surface area contributed by atoms with E-state index in [1.165, 1.54) is 51.4 Å². The van der Waals surface area contributed by atoms with E-state index < -0.39 is 23.1 Å². The fourth-order valence-corrected chi connectivity index (χ4v) is 5.40. The van der Waals surface area contributed by atoms with Crippen LogP contribution in [0.25, 0.3) is 10.4 Å². The van der Waals surface area contributed by atoms with Gasteiger partial charge in [-0.1, -0.05) is 22.9 Å². The van der Waals surface area contributed by atoms with Gasteiger partial charge in [0, 0.05) is 38.7 Å². The maximum Gasteiger partial charge on any atom is 0.263 e. The molecule has 0 radical (unpaired) electrons. The van der Waals surface area contributed by atoms with Gasteiger partial charge in [0.05, 0.1) is 18.8 Å². The molecule has 0 atom stereocenters. The van der Waals surface area contributed by atoms with Crippen molar-refractivity contribution in [1.82, 2.24) is 9.88 Å². The van der Waals surface area contributed by atoms with Crippen LogP contribution in [0.4, 0.5) is 14.5 Å². The minimum absolute atomic E-state index is 0.00739. The third-order valence-electron chi connectivity index (χ3n) is 5.41. The minimum Gasteiger partial charge on any atom is -0.347 e. The van der Waals surface area contributed by atoms with Gasteiger partial charge in [-0.2, -0.15) is 0 Å². The standard InChI is InChI=1S/C26H22F2N4O2S3/c1-35-37-31-23-8-5-17(12-18(23)13-29)24-9-6-19(36-24)14-30-25(33)20-3-2-10-32(26(20)34)15-16-4-7-21(27)22(28)11-16/h2-13,29,31H,14-15H2,1H3,(H,30,33). The fourth-order valence-electron chi connectivity index (χ4n) is 3.57. The molecule has 0 bridgehead atoms. The Morgan fingerprint density at radius 3 is 2.70 bits per heavy atom. The number of benzene rings is 2. The van der Waals surface area contributed by atoms with Crippen LogP contribution < -0.4 is 15.6 Å². The number of nitrogens with zero attached hydrogens (tertiary/aromatic N) is 1. The maximum atomic E-state index is 13.5. The first-order valence-corrected chi connectivity index (χ1v) is 14.4. The Labute approximate surface area is 224 Å². The number of hydrogen-bond donors (Lipinski definition) is 3. The zero-order chi connectivity index (χ0) is 26.4. The topological polar surface area (TPSA) is 87.0 Å². The third-order valence-corrected chi connectivity index (χ3v) is 7.77. The van der Waals surface area contributed by atoms with Gasteiger partial charge >= 0.3 is 0 Å². The molecule has 4 aromatic rings. The summed E-state index contributed by atoms with van der Waals surface area (Å²) in [6, 6.07) is 16.1. The summed E-state index contributed by atoms with van der Waals surface area (Å²) >= 11 is 1.51. The second kappa shape index (κ2) is 12.2. The van der Waals surface area contributed by atoms with Crippen LogP contribution in [0.15, 0.2) is 71.7 Å². The minimum atomic E-state index is -0.994. The molecule has 0 saturated heterocycles. The molecule has 0 aliphatic carbocycles. The molecule has 0 unspecified atom stereocenters. The number of aromatic nitrogens is 1. The molecule has 3 N–H and O–H groups in total. The lowest BCUT2D eigenvalue weighted by Crippen LogP contribution is -2.32. The van der Waals surface area contributed by atoms with Crippen molar-refractivity contribution in [3.63, 3.8) is 0 Å². The fraction of sp³-hybridized carbons (Fsp3) is 0.115. The SMILES string of the molecule is CSSNc1ccc(-c2ccc(CNC(=O)c3cccn(Cc4ccc(F)c(F)c4)c3=O)s2)cc1C=N. The number of rotatable bonds is 10. The van der Waals surface area contributed by atoms with Gasteiger partial charge in [0.2, 0.25) is 0 Å². The van der Waals surface area contributed by atoms with E-state index in [9.17, 15) is 18.4 Å². The van der Waals surface area contributed by atoms with Crippen LogP contribution in [0.3, 0.4) is 0 Å². The monoisotopic (exact) mass is 556 g/mol. The number of hydrogen-bond acceptors (Lipinski definition) is 7. The predicted octanol–water partition coefficient (Wildman–Crippen LogP) is 6.17. The van der Waals surface area contributed by atoms with Crippen molar-refractivity contribution >= 4 is 50.9 Å². The van der Waals surface area contributed by atoms with Crippen LogP contribution >= 0.6 is 33.1 Å². The molecule has 6 nitrogen and oxygen atoms in total. The molecule has 2 aromatic carbocycles. The number of carbonyl (C=O) groups is 1. The Balaban J connectivity index is 1.43. The van der Waals surface area contributed by atoms with E-state index in [0.717, 1.165) is 38.7 Å². The molecular formula is C26H22F2N4O2S3. The third kappa shape index (κ3) is 6.48. The van der Waals surface area contributed by atoms with Gasteiger partial charge in [0.15, 0.2) is 11.6 Å². The molecule has 37 heavy (non-hydrogen) atoms. The highest BCUT2D eigenvalue weighted by atomic mass is 33.1. The lowest BCUT2D eigenvalue weighted by atomic mass is 10.1. The van der Waals surface area contributed by atoms with Crippen LogP contribution in [0, 0.1) is 17.0 Å². The van der Waals surface area contributed by atoms with Crippen molar-refractivity contribution < 1.29 is 13.6 Å². The van der Waals surface area contributed by atoms with Gasteiger partial charge in [-0.25, -0.2) is 8.78 Å². The number of carbonyl (C=O) groups excluding carboxylic acids is 1. The number of anilines is 1. The molecule has 0 spiro atoms. The summed E-state index contributed by atoms with van der Waals surface area (Å²) in [7, 11) is 3.06. The number of nitrogens with one attached hydrogen (secondary N) is 3. The van der Waals surface area contributed by atoms with Gasteiger partial charge in [0.1, 0.15) is 5.56 Å². The van der Waals surface area contributed by atoms with E-state index in [1.807, 2.05) is 36.6 Å². The largest absolute Gasteiger partial charge is 0.347 e. The molecule has 1 amide bonds. The summed E-state index contributed by atoms with van der Waals surface area (Å²) in [4.78, 5) is 27.5. The maximum absolute atomic E-state index is 13.5. The van der Waals surface area contributed by atoms with E-state index in [2.05, 4.69) is 10.0 Å². The Kier molecular flexibility index (Phi) is 8.80. The Morgan fingerprint density at radius 1 is 1.11 bits per heavy atom. The van der Waals surface area contributed by atoms with E-state index in [0.29, 0.717) is 5.56 Å². The summed E-state index contributed by atoms with van der Waals surface area (Å²) in [5.74, 6) is -2.48. The highest BCUT2D eigenvalue weighted by molar-refractivity contribution is 8.76. The normalized spacial score (nSPS) is 10.8. The van der Waals surface area contributed by atoms with Crippen molar-refractivity contribution in [2.45, 2.75) is 13.1 Å². The molecule has 0 fully saturated rings. The number of halogens is 2. The summed E-state index contributed by atoms with van der Waals surface area (Å²) in [6.07, 6.45) is 4.77. The molecule has 0 saturated carbocycles. The van der Waals surface area contributed by atoms with Crippen molar-refractivity contribution in [2.75, 3.05) is 11.0 Å². The molecule has 0 aliphatic rings. The lowest BCUT2D eigenvalue weighted by Gasteiger charge is -2.09. The van der Waals surface area contributed by atoms with Crippen molar-refractivity contribution in [3.05, 3.63) is 110 Å². The number of amides is 1. The molecule has 2 heterocycles. The summed E-state index contributed by atoms with van der Waals surface area (Å²) in [5.41, 5.74) is 2.44. The van der Waals surface area contributed by atoms with Gasteiger partial charge in [-0.3, -0.25) is 9.59 Å². The quantitative estimate of drug-likeness (QED) is 0.124. The zero-order valence-corrected chi connectivity index (χ0v) is 22.0. The first kappa shape index (κ1) is 26.6. The van der Waals surface area contributed by atoms with Gasteiger partial charge in [-0.15, -0.1) is 11.3 Å². The second-order valence-corrected chi connectivity index (χ2v) is 11.2. The highest BCUT2D eigenvalue weighted by Gasteiger charge is 2.14. The average molecular weight is 557 g/mol. The summed E-state index contributed by atoms with van der Waals surface area (Å²) < 4.78 is 31.2. The molecule has 4 rings (SSSR count). The molecule has 11 heteroatoms. The summed E-state index contributed by atoms with van der Waals surface area (Å²) in [5, 5.41) is 10.5. The van der Waals surface area contributed by atoms with Crippen molar-refractivity contribution in [3.8, 4) is 10.4 Å². The van der Waals surface area contributed by atoms with Crippen LogP contribution in [-0.2, 0) is 13.1 Å². The first-order chi connectivity index (χ1) is 17.9. The van der Waals surface area contributed by atoms with Crippen LogP contribution in [0.5, 0.6) is 0 Å². The van der Waals surface area contributed by atoms with Crippen LogP contribution in [-0.4, -0.2) is 22.9 Å². The van der Waals surface area contributed by atoms with Gasteiger partial charge in [0.25, 0.3) is 11.5 Å². The average Bonchev–Trinajstić information content (AvgIpc) is 3.38. The second-order valence-electron chi connectivity index (χ2n) is 7.85. The van der Waals surface area contributed by atoms with Gasteiger partial charge < -0.3 is 20.0 Å². The predicted molar refractivity (Wildman–Crippen MR) is 150 cm³/mol. The van der Waals surface area contributed by atoms with Crippen molar-refractivity contribution in [2.24, 2.45) is 0 Å². The van der Waals surface area contributed by atoms with Gasteiger partial charge in [-0.05, 0) is 65.9 Å². The first-order valence-electron chi connectivity index (χ1n) is 11.0. The van der Waals surface area contributed by atoms with Crippen LogP contribution in [0.1, 0.15) is 26.4 Å². The number of thiophene rings is 1. The van der Waals surface area contributed by atoms with E-state index in [4.69, 9.17) is 5.41 Å². The molecule has 190 valence electrons.